The average molecular weight is 503 g/mol. The summed E-state index contributed by atoms with van der Waals surface area (Å²) in [4.78, 5) is 46.4. The molecule has 2 amide bonds. The van der Waals surface area contributed by atoms with Crippen molar-refractivity contribution in [3.05, 3.63) is 95.3 Å². The van der Waals surface area contributed by atoms with E-state index in [1.807, 2.05) is 54.6 Å². The number of para-hydroxylation sites is 1. The number of Topliss-reactive ketones (excluding diaryl/α,β-unsaturated/α-hetero) is 1. The highest BCUT2D eigenvalue weighted by Gasteiger charge is 2.25. The molecular weight excluding hydrogens is 476 g/mol. The largest absolute Gasteiger partial charge is 0.445 e. The number of aromatic nitrogens is 2. The maximum Gasteiger partial charge on any atom is 0.407 e. The monoisotopic (exact) mass is 502 g/mol. The normalized spacial score (nSPS) is 11.6. The van der Waals surface area contributed by atoms with E-state index in [4.69, 9.17) is 4.74 Å². The molecule has 0 radical (unpaired) electrons. The fraction of sp³-hybridized carbons (Fsp3) is 0.222. The quantitative estimate of drug-likeness (QED) is 0.226. The first-order valence-electron chi connectivity index (χ1n) is 11.7. The molecule has 0 aliphatic rings. The van der Waals surface area contributed by atoms with Gasteiger partial charge in [-0.3, -0.25) is 14.6 Å². The smallest absolute Gasteiger partial charge is 0.407 e. The summed E-state index contributed by atoms with van der Waals surface area (Å²) in [6, 6.07) is 19.4. The first kappa shape index (κ1) is 25.0. The van der Waals surface area contributed by atoms with E-state index in [1.54, 1.807) is 12.1 Å². The second-order valence-electron chi connectivity index (χ2n) is 8.10. The van der Waals surface area contributed by atoms with Gasteiger partial charge >= 0.3 is 6.09 Å². The van der Waals surface area contributed by atoms with Gasteiger partial charge in [0.05, 0.1) is 16.3 Å². The van der Waals surface area contributed by atoms with Gasteiger partial charge in [0.1, 0.15) is 6.61 Å². The number of carbonyl (C=O) groups excluding carboxylic acids is 3. The van der Waals surface area contributed by atoms with Gasteiger partial charge in [-0.15, -0.1) is 11.3 Å². The third-order valence-electron chi connectivity index (χ3n) is 5.47. The first-order chi connectivity index (χ1) is 17.6. The standard InChI is InChI=1S/C27H26N4O4S/c32-24(26-31-21-10-4-5-12-23(21)36-26)22(30-25(33)20-13-16-28-17-14-20)11-6-7-15-29-27(34)35-18-19-8-2-1-3-9-19/h1-5,8-10,12-14,16-17,22H,6-7,11,15,18H2,(H,29,34)(H,30,33)/t22-/m0/s1. The predicted octanol–water partition coefficient (Wildman–Crippen LogP) is 4.77. The molecule has 4 aromatic rings. The van der Waals surface area contributed by atoms with Gasteiger partial charge in [0.15, 0.2) is 5.01 Å². The lowest BCUT2D eigenvalue weighted by molar-refractivity contribution is 0.0851. The zero-order valence-electron chi connectivity index (χ0n) is 19.6. The molecule has 9 heteroatoms. The minimum absolute atomic E-state index is 0.201. The van der Waals surface area contributed by atoms with Crippen LogP contribution in [0, 0.1) is 0 Å². The molecule has 2 aromatic carbocycles. The molecule has 36 heavy (non-hydrogen) atoms. The zero-order valence-corrected chi connectivity index (χ0v) is 20.4. The van der Waals surface area contributed by atoms with Gasteiger partial charge < -0.3 is 15.4 Å². The van der Waals surface area contributed by atoms with E-state index < -0.39 is 12.1 Å². The van der Waals surface area contributed by atoms with Gasteiger partial charge in [0, 0.05) is 24.5 Å². The van der Waals surface area contributed by atoms with Crippen molar-refractivity contribution in [3.8, 4) is 0 Å². The molecule has 0 spiro atoms. The highest BCUT2D eigenvalue weighted by atomic mass is 32.1. The van der Waals surface area contributed by atoms with E-state index in [9.17, 15) is 14.4 Å². The number of benzene rings is 2. The van der Waals surface area contributed by atoms with Crippen molar-refractivity contribution in [2.75, 3.05) is 6.54 Å². The molecule has 2 N–H and O–H groups in total. The molecule has 1 atom stereocenters. The van der Waals surface area contributed by atoms with Crippen LogP contribution < -0.4 is 10.6 Å². The van der Waals surface area contributed by atoms with E-state index in [0.29, 0.717) is 36.4 Å². The van der Waals surface area contributed by atoms with Crippen molar-refractivity contribution < 1.29 is 19.1 Å². The molecule has 2 heterocycles. The number of pyridine rings is 1. The second kappa shape index (κ2) is 12.6. The van der Waals surface area contributed by atoms with Crippen LogP contribution in [0.15, 0.2) is 79.1 Å². The summed E-state index contributed by atoms with van der Waals surface area (Å²) in [5.41, 5.74) is 2.09. The molecule has 184 valence electrons. The van der Waals surface area contributed by atoms with Gasteiger partial charge in [0.2, 0.25) is 5.78 Å². The zero-order chi connectivity index (χ0) is 25.2. The van der Waals surface area contributed by atoms with Crippen molar-refractivity contribution in [2.45, 2.75) is 31.9 Å². The maximum absolute atomic E-state index is 13.3. The Labute approximate surface area is 212 Å². The third-order valence-corrected chi connectivity index (χ3v) is 6.52. The Morgan fingerprint density at radius 1 is 0.917 bits per heavy atom. The predicted molar refractivity (Wildman–Crippen MR) is 138 cm³/mol. The molecule has 0 fully saturated rings. The van der Waals surface area contributed by atoms with E-state index in [-0.39, 0.29) is 18.3 Å². The number of thiazole rings is 1. The number of ketones is 1. The average Bonchev–Trinajstić information content (AvgIpc) is 3.36. The Hall–Kier alpha value is -4.11. The lowest BCUT2D eigenvalue weighted by Crippen LogP contribution is -2.41. The molecule has 0 saturated heterocycles. The maximum atomic E-state index is 13.3. The number of nitrogens with one attached hydrogen (secondary N) is 2. The van der Waals surface area contributed by atoms with Crippen molar-refractivity contribution in [1.82, 2.24) is 20.6 Å². The number of hydrogen-bond donors (Lipinski definition) is 2. The van der Waals surface area contributed by atoms with Crippen LogP contribution in [0.25, 0.3) is 10.2 Å². The molecule has 0 aliphatic heterocycles. The number of amides is 2. The van der Waals surface area contributed by atoms with E-state index in [0.717, 1.165) is 15.8 Å². The van der Waals surface area contributed by atoms with Crippen molar-refractivity contribution >= 4 is 39.3 Å². The lowest BCUT2D eigenvalue weighted by atomic mass is 10.0. The molecular formula is C27H26N4O4S. The number of rotatable bonds is 11. The van der Waals surface area contributed by atoms with Gasteiger partial charge in [0.25, 0.3) is 5.91 Å². The number of fused-ring (bicyclic) bond motifs is 1. The minimum atomic E-state index is -0.740. The highest BCUT2D eigenvalue weighted by molar-refractivity contribution is 7.20. The summed E-state index contributed by atoms with van der Waals surface area (Å²) in [5.74, 6) is -0.576. The van der Waals surface area contributed by atoms with Gasteiger partial charge in [-0.1, -0.05) is 42.5 Å². The summed E-state index contributed by atoms with van der Waals surface area (Å²) >= 11 is 1.31. The summed E-state index contributed by atoms with van der Waals surface area (Å²) in [5, 5.41) is 5.93. The Morgan fingerprint density at radius 2 is 1.67 bits per heavy atom. The van der Waals surface area contributed by atoms with Gasteiger partial charge in [-0.2, -0.15) is 0 Å². The number of unbranched alkanes of at least 4 members (excludes halogenated alkanes) is 1. The minimum Gasteiger partial charge on any atom is -0.445 e. The summed E-state index contributed by atoms with van der Waals surface area (Å²) in [6.07, 6.45) is 4.20. The topological polar surface area (TPSA) is 110 Å². The lowest BCUT2D eigenvalue weighted by Gasteiger charge is -2.17. The van der Waals surface area contributed by atoms with Crippen LogP contribution >= 0.6 is 11.3 Å². The Kier molecular flexibility index (Phi) is 8.72. The Bertz CT molecular complexity index is 1280. The number of carbonyl (C=O) groups is 3. The highest BCUT2D eigenvalue weighted by Crippen LogP contribution is 2.23. The van der Waals surface area contributed by atoms with Crippen molar-refractivity contribution in [2.24, 2.45) is 0 Å². The number of nitrogens with zero attached hydrogens (tertiary/aromatic N) is 2. The number of alkyl carbamates (subject to hydrolysis) is 1. The van der Waals surface area contributed by atoms with Crippen molar-refractivity contribution in [3.63, 3.8) is 0 Å². The van der Waals surface area contributed by atoms with Crippen LogP contribution in [0.5, 0.6) is 0 Å². The molecule has 2 aromatic heterocycles. The van der Waals surface area contributed by atoms with Gasteiger partial charge in [-0.25, -0.2) is 9.78 Å². The van der Waals surface area contributed by atoms with Crippen LogP contribution in [0.4, 0.5) is 4.79 Å². The van der Waals surface area contributed by atoms with Crippen LogP contribution in [-0.2, 0) is 11.3 Å². The fourth-order valence-electron chi connectivity index (χ4n) is 3.58. The molecule has 0 unspecified atom stereocenters. The molecule has 0 saturated carbocycles. The molecule has 4 rings (SSSR count). The summed E-state index contributed by atoms with van der Waals surface area (Å²) in [7, 11) is 0. The Balaban J connectivity index is 1.31. The van der Waals surface area contributed by atoms with Crippen molar-refractivity contribution in [1.29, 1.82) is 0 Å². The van der Waals surface area contributed by atoms with Crippen LogP contribution in [0.2, 0.25) is 0 Å². The number of hydrogen-bond acceptors (Lipinski definition) is 7. The van der Waals surface area contributed by atoms with E-state index in [1.165, 1.54) is 23.7 Å². The molecule has 8 nitrogen and oxygen atoms in total. The summed E-state index contributed by atoms with van der Waals surface area (Å²) < 4.78 is 6.12. The van der Waals surface area contributed by atoms with Crippen LogP contribution in [-0.4, -0.2) is 40.3 Å². The number of ether oxygens (including phenoxy) is 1. The van der Waals surface area contributed by atoms with Gasteiger partial charge in [-0.05, 0) is 49.1 Å². The first-order valence-corrected chi connectivity index (χ1v) is 12.5. The molecule has 0 bridgehead atoms. The van der Waals surface area contributed by atoms with E-state index >= 15 is 0 Å². The van der Waals surface area contributed by atoms with Crippen LogP contribution in [0.3, 0.4) is 0 Å². The fourth-order valence-corrected chi connectivity index (χ4v) is 4.54. The van der Waals surface area contributed by atoms with E-state index in [2.05, 4.69) is 20.6 Å². The second-order valence-corrected chi connectivity index (χ2v) is 9.13. The molecule has 0 aliphatic carbocycles. The third kappa shape index (κ3) is 6.96. The Morgan fingerprint density at radius 3 is 2.44 bits per heavy atom. The SMILES string of the molecule is O=C(NCCCC[C@H](NC(=O)c1ccncc1)C(=O)c1nc2ccccc2s1)OCc1ccccc1. The summed E-state index contributed by atoms with van der Waals surface area (Å²) in [6.45, 7) is 0.598. The van der Waals surface area contributed by atoms with Crippen LogP contribution in [0.1, 0.15) is 45.0 Å².